The number of hydrogen-bond donors (Lipinski definition) is 2. The van der Waals surface area contributed by atoms with E-state index in [1.807, 2.05) is 0 Å². The zero-order valence-corrected chi connectivity index (χ0v) is 10.7. The highest BCUT2D eigenvalue weighted by molar-refractivity contribution is 4.83. The average molecular weight is 212 g/mol. The molecular weight excluding hydrogens is 184 g/mol. The zero-order valence-electron chi connectivity index (χ0n) is 10.7. The van der Waals surface area contributed by atoms with Crippen LogP contribution in [0.2, 0.25) is 0 Å². The number of nitrogens with two attached hydrogens (primary N) is 1. The molecular formula is C13H28N2. The van der Waals surface area contributed by atoms with E-state index in [1.165, 1.54) is 25.7 Å². The molecule has 1 atom stereocenters. The van der Waals surface area contributed by atoms with Crippen molar-refractivity contribution in [3.05, 3.63) is 0 Å². The van der Waals surface area contributed by atoms with Crippen LogP contribution in [0.1, 0.15) is 52.9 Å². The van der Waals surface area contributed by atoms with Crippen molar-refractivity contribution >= 4 is 0 Å². The molecule has 3 N–H and O–H groups in total. The topological polar surface area (TPSA) is 38.0 Å². The van der Waals surface area contributed by atoms with E-state index in [2.05, 4.69) is 26.1 Å². The lowest BCUT2D eigenvalue weighted by atomic mass is 9.89. The van der Waals surface area contributed by atoms with Gasteiger partial charge in [-0.3, -0.25) is 0 Å². The number of nitrogens with one attached hydrogen (secondary N) is 1. The molecule has 0 radical (unpaired) electrons. The van der Waals surface area contributed by atoms with Gasteiger partial charge in [-0.15, -0.1) is 0 Å². The summed E-state index contributed by atoms with van der Waals surface area (Å²) in [6.45, 7) is 9.00. The fraction of sp³-hybridized carbons (Fsp3) is 1.00. The van der Waals surface area contributed by atoms with Gasteiger partial charge in [0.2, 0.25) is 0 Å². The molecule has 1 unspecified atom stereocenters. The molecule has 0 spiro atoms. The van der Waals surface area contributed by atoms with Crippen molar-refractivity contribution < 1.29 is 0 Å². The first kappa shape index (κ1) is 13.0. The molecule has 1 fully saturated rings. The fourth-order valence-corrected chi connectivity index (χ4v) is 2.65. The van der Waals surface area contributed by atoms with Crippen LogP contribution in [0, 0.1) is 11.3 Å². The maximum Gasteiger partial charge on any atom is 0.0167 e. The van der Waals surface area contributed by atoms with Crippen LogP contribution >= 0.6 is 0 Å². The molecule has 0 aliphatic heterocycles. The molecule has 0 amide bonds. The van der Waals surface area contributed by atoms with E-state index in [9.17, 15) is 0 Å². The van der Waals surface area contributed by atoms with Crippen LogP contribution in [-0.2, 0) is 0 Å². The van der Waals surface area contributed by atoms with Crippen molar-refractivity contribution in [1.29, 1.82) is 0 Å². The summed E-state index contributed by atoms with van der Waals surface area (Å²) in [6.07, 6.45) is 6.73. The third-order valence-electron chi connectivity index (χ3n) is 3.54. The molecule has 0 aromatic rings. The van der Waals surface area contributed by atoms with Crippen LogP contribution in [0.3, 0.4) is 0 Å². The highest BCUT2D eigenvalue weighted by Gasteiger charge is 2.27. The van der Waals surface area contributed by atoms with Gasteiger partial charge >= 0.3 is 0 Å². The largest absolute Gasteiger partial charge is 0.327 e. The Morgan fingerprint density at radius 2 is 1.87 bits per heavy atom. The van der Waals surface area contributed by atoms with Crippen LogP contribution in [0.5, 0.6) is 0 Å². The van der Waals surface area contributed by atoms with Crippen LogP contribution in [-0.4, -0.2) is 19.1 Å². The molecule has 2 heteroatoms. The van der Waals surface area contributed by atoms with Crippen LogP contribution in [0.15, 0.2) is 0 Å². The average Bonchev–Trinajstić information content (AvgIpc) is 2.51. The number of hydrogen-bond acceptors (Lipinski definition) is 2. The van der Waals surface area contributed by atoms with E-state index in [4.69, 9.17) is 5.73 Å². The molecule has 1 saturated carbocycles. The summed E-state index contributed by atoms with van der Waals surface area (Å²) < 4.78 is 0. The quantitative estimate of drug-likeness (QED) is 0.710. The Kier molecular flexibility index (Phi) is 5.07. The van der Waals surface area contributed by atoms with Gasteiger partial charge in [-0.2, -0.15) is 0 Å². The lowest BCUT2D eigenvalue weighted by molar-refractivity contribution is 0.308. The summed E-state index contributed by atoms with van der Waals surface area (Å²) in [7, 11) is 0. The van der Waals surface area contributed by atoms with Gasteiger partial charge in [0, 0.05) is 19.1 Å². The first-order chi connectivity index (χ1) is 7.02. The smallest absolute Gasteiger partial charge is 0.0167 e. The fourth-order valence-electron chi connectivity index (χ4n) is 2.65. The van der Waals surface area contributed by atoms with Crippen molar-refractivity contribution in [3.8, 4) is 0 Å². The molecule has 1 aliphatic carbocycles. The second-order valence-corrected chi connectivity index (χ2v) is 6.04. The van der Waals surface area contributed by atoms with Crippen molar-refractivity contribution in [2.24, 2.45) is 17.1 Å². The Morgan fingerprint density at radius 3 is 2.40 bits per heavy atom. The second-order valence-electron chi connectivity index (χ2n) is 6.04. The van der Waals surface area contributed by atoms with Gasteiger partial charge in [0.15, 0.2) is 0 Å². The van der Waals surface area contributed by atoms with E-state index >= 15 is 0 Å². The van der Waals surface area contributed by atoms with Gasteiger partial charge in [0.05, 0.1) is 0 Å². The minimum atomic E-state index is 0.329. The molecule has 0 heterocycles. The summed E-state index contributed by atoms with van der Waals surface area (Å²) in [5.41, 5.74) is 6.59. The standard InChI is InChI=1S/C13H28N2/c1-11(2)8-12(14)9-15-10-13(3)6-4-5-7-13/h11-12,15H,4-10,14H2,1-3H3. The Hall–Kier alpha value is -0.0800. The third kappa shape index (κ3) is 4.98. The minimum absolute atomic E-state index is 0.329. The predicted molar refractivity (Wildman–Crippen MR) is 66.9 cm³/mol. The van der Waals surface area contributed by atoms with Crippen LogP contribution in [0.25, 0.3) is 0 Å². The Morgan fingerprint density at radius 1 is 1.27 bits per heavy atom. The summed E-state index contributed by atoms with van der Waals surface area (Å²) in [5.74, 6) is 0.712. The van der Waals surface area contributed by atoms with Crippen molar-refractivity contribution in [2.75, 3.05) is 13.1 Å². The Labute approximate surface area is 95.0 Å². The van der Waals surface area contributed by atoms with E-state index in [1.54, 1.807) is 0 Å². The van der Waals surface area contributed by atoms with Gasteiger partial charge < -0.3 is 11.1 Å². The first-order valence-electron chi connectivity index (χ1n) is 6.48. The third-order valence-corrected chi connectivity index (χ3v) is 3.54. The van der Waals surface area contributed by atoms with Crippen LogP contribution < -0.4 is 11.1 Å². The van der Waals surface area contributed by atoms with E-state index in [0.717, 1.165) is 19.5 Å². The maximum atomic E-state index is 6.04. The molecule has 0 aromatic heterocycles. The van der Waals surface area contributed by atoms with Crippen molar-refractivity contribution in [2.45, 2.75) is 58.9 Å². The minimum Gasteiger partial charge on any atom is -0.327 e. The zero-order chi connectivity index (χ0) is 11.3. The van der Waals surface area contributed by atoms with Crippen molar-refractivity contribution in [3.63, 3.8) is 0 Å². The predicted octanol–water partition coefficient (Wildman–Crippen LogP) is 2.53. The van der Waals surface area contributed by atoms with Crippen LogP contribution in [0.4, 0.5) is 0 Å². The van der Waals surface area contributed by atoms with E-state index in [-0.39, 0.29) is 0 Å². The molecule has 2 nitrogen and oxygen atoms in total. The normalized spacial score (nSPS) is 22.2. The summed E-state index contributed by atoms with van der Waals surface area (Å²) in [4.78, 5) is 0. The van der Waals surface area contributed by atoms with Gasteiger partial charge in [-0.25, -0.2) is 0 Å². The highest BCUT2D eigenvalue weighted by atomic mass is 14.9. The van der Waals surface area contributed by atoms with Gasteiger partial charge in [0.1, 0.15) is 0 Å². The first-order valence-corrected chi connectivity index (χ1v) is 6.48. The SMILES string of the molecule is CC(C)CC(N)CNCC1(C)CCCC1. The van der Waals surface area contributed by atoms with Gasteiger partial charge in [-0.1, -0.05) is 33.6 Å². The summed E-state index contributed by atoms with van der Waals surface area (Å²) >= 11 is 0. The molecule has 0 bridgehead atoms. The van der Waals surface area contributed by atoms with E-state index < -0.39 is 0 Å². The second kappa shape index (κ2) is 5.86. The molecule has 0 saturated heterocycles. The monoisotopic (exact) mass is 212 g/mol. The molecule has 1 aliphatic rings. The highest BCUT2D eigenvalue weighted by Crippen LogP contribution is 2.36. The molecule has 15 heavy (non-hydrogen) atoms. The Bertz CT molecular complexity index is 171. The Balaban J connectivity index is 2.10. The lowest BCUT2D eigenvalue weighted by Gasteiger charge is -2.25. The summed E-state index contributed by atoms with van der Waals surface area (Å²) in [5, 5.41) is 3.55. The number of rotatable bonds is 6. The summed E-state index contributed by atoms with van der Waals surface area (Å²) in [6, 6.07) is 0.329. The molecule has 0 aromatic carbocycles. The van der Waals surface area contributed by atoms with Crippen molar-refractivity contribution in [1.82, 2.24) is 5.32 Å². The van der Waals surface area contributed by atoms with Gasteiger partial charge in [-0.05, 0) is 30.6 Å². The maximum absolute atomic E-state index is 6.04. The lowest BCUT2D eigenvalue weighted by Crippen LogP contribution is -2.39. The van der Waals surface area contributed by atoms with Gasteiger partial charge in [0.25, 0.3) is 0 Å². The molecule has 1 rings (SSSR count). The molecule has 90 valence electrons. The van der Waals surface area contributed by atoms with E-state index in [0.29, 0.717) is 17.4 Å².